The average molecular weight is 1590 g/mol. The first-order valence-electron chi connectivity index (χ1n) is 38.7. The summed E-state index contributed by atoms with van der Waals surface area (Å²) in [5, 5.41) is 52.9. The SMILES string of the molecule is CC(=O)c1ccc2c(Nc3n[nH]c(C)n3)nc(-c3ccccc3)nc2c1.Cc1nc(Nc2nc(-c3ccccc3)nc3c2CCCC3)n[nH]1.Cc1nc(Nc2nc(-c3ccccc3)nc3c2CCCCC3)n[nH]1.Cc1nc(Nc2nc(-c3ccncc3)nc3ccccc23)n[nH]1.Clc1ccc(-c2nc3c(c(Nc4ncn[nH]4)n2)CCC3)cc1. The molecule has 32 nitrogen and oxygen atoms in total. The molecule has 0 saturated heterocycles. The Bertz CT molecular complexity index is 6300. The van der Waals surface area contributed by atoms with E-state index in [0.717, 1.165) is 158 Å². The van der Waals surface area contributed by atoms with Crippen LogP contribution in [0.1, 0.15) is 113 Å². The molecule has 3 aliphatic rings. The molecule has 0 spiro atoms. The molecule has 0 fully saturated rings. The van der Waals surface area contributed by atoms with Crippen LogP contribution in [-0.4, -0.2) is 137 Å². The summed E-state index contributed by atoms with van der Waals surface area (Å²) in [6, 6.07) is 54.4. The second kappa shape index (κ2) is 36.0. The van der Waals surface area contributed by atoms with Crippen molar-refractivity contribution in [2.75, 3.05) is 26.6 Å². The number of aromatic amines is 5. The van der Waals surface area contributed by atoms with Gasteiger partial charge in [0, 0.05) is 95.3 Å². The summed E-state index contributed by atoms with van der Waals surface area (Å²) in [6.07, 6.45) is 17.9. The van der Waals surface area contributed by atoms with Crippen molar-refractivity contribution in [3.05, 3.63) is 256 Å². The number of nitrogens with one attached hydrogen (secondary N) is 10. The summed E-state index contributed by atoms with van der Waals surface area (Å²) in [7, 11) is 0. The Morgan fingerprint density at radius 1 is 0.347 bits per heavy atom. The van der Waals surface area contributed by atoms with E-state index >= 15 is 0 Å². The molecule has 3 aliphatic carbocycles. The zero-order valence-corrected chi connectivity index (χ0v) is 65.8. The van der Waals surface area contributed by atoms with E-state index in [4.69, 9.17) is 36.5 Å². The van der Waals surface area contributed by atoms with Gasteiger partial charge in [-0.15, -0.1) is 20.4 Å². The number of halogens is 1. The summed E-state index contributed by atoms with van der Waals surface area (Å²) in [6.45, 7) is 8.97. The van der Waals surface area contributed by atoms with Gasteiger partial charge >= 0.3 is 0 Å². The third-order valence-electron chi connectivity index (χ3n) is 19.4. The van der Waals surface area contributed by atoms with Gasteiger partial charge in [-0.2, -0.15) is 30.0 Å². The van der Waals surface area contributed by atoms with E-state index < -0.39 is 0 Å². The fourth-order valence-corrected chi connectivity index (χ4v) is 13.8. The van der Waals surface area contributed by atoms with E-state index in [2.05, 4.69) is 132 Å². The quantitative estimate of drug-likeness (QED) is 0.0317. The minimum absolute atomic E-state index is 0.00845. The van der Waals surface area contributed by atoms with Gasteiger partial charge in [0.25, 0.3) is 0 Å². The van der Waals surface area contributed by atoms with E-state index in [1.807, 2.05) is 185 Å². The molecule has 33 heteroatoms. The van der Waals surface area contributed by atoms with Gasteiger partial charge in [0.05, 0.1) is 11.0 Å². The topological polar surface area (TPSA) is 427 Å². The number of nitrogens with zero attached hydrogens (tertiary/aromatic N) is 21. The van der Waals surface area contributed by atoms with Crippen molar-refractivity contribution < 1.29 is 4.79 Å². The zero-order chi connectivity index (χ0) is 80.7. The zero-order valence-electron chi connectivity index (χ0n) is 65.1. The van der Waals surface area contributed by atoms with Crippen LogP contribution in [0.25, 0.3) is 78.7 Å². The highest BCUT2D eigenvalue weighted by Crippen LogP contribution is 2.35. The molecule has 0 bridgehead atoms. The molecule has 11 aromatic heterocycles. The lowest BCUT2D eigenvalue weighted by atomic mass is 9.96. The number of rotatable bonds is 16. The molecule has 0 radical (unpaired) electrons. The molecule has 6 aromatic carbocycles. The first-order valence-corrected chi connectivity index (χ1v) is 39.0. The third-order valence-corrected chi connectivity index (χ3v) is 19.6. The monoisotopic (exact) mass is 1590 g/mol. The first-order chi connectivity index (χ1) is 57.8. The minimum atomic E-state index is -0.00845. The number of Topliss-reactive ketones (excluding diaryl/α,β-unsaturated/α-hetero) is 1. The van der Waals surface area contributed by atoms with Crippen molar-refractivity contribution in [2.24, 2.45) is 0 Å². The molecule has 17 aromatic rings. The third kappa shape index (κ3) is 18.9. The predicted molar refractivity (Wildman–Crippen MR) is 452 cm³/mol. The van der Waals surface area contributed by atoms with Crippen LogP contribution in [0.4, 0.5) is 58.8 Å². The second-order valence-corrected chi connectivity index (χ2v) is 28.4. The molecule has 10 N–H and O–H groups in total. The van der Waals surface area contributed by atoms with Gasteiger partial charge in [-0.25, -0.2) is 54.9 Å². The highest BCUT2D eigenvalue weighted by atomic mass is 35.5. The van der Waals surface area contributed by atoms with Crippen molar-refractivity contribution >= 4 is 98.0 Å². The van der Waals surface area contributed by atoms with Gasteiger partial charge in [-0.3, -0.25) is 30.2 Å². The Kier molecular flexibility index (Phi) is 23.5. The number of anilines is 10. The first kappa shape index (κ1) is 77.0. The maximum atomic E-state index is 11.7. The van der Waals surface area contributed by atoms with Crippen molar-refractivity contribution in [1.82, 2.24) is 131 Å². The summed E-state index contributed by atoms with van der Waals surface area (Å²) in [5.41, 5.74) is 13.9. The average Bonchev–Trinajstić information content (AvgIpc) is 1.20. The molecule has 588 valence electrons. The second-order valence-electron chi connectivity index (χ2n) is 28.0. The van der Waals surface area contributed by atoms with Crippen LogP contribution in [-0.2, 0) is 38.5 Å². The van der Waals surface area contributed by atoms with Crippen LogP contribution in [0.15, 0.2) is 189 Å². The van der Waals surface area contributed by atoms with Crippen LogP contribution >= 0.6 is 11.6 Å². The number of aromatic nitrogens is 26. The van der Waals surface area contributed by atoms with E-state index in [1.165, 1.54) is 56.5 Å². The lowest BCUT2D eigenvalue weighted by Crippen LogP contribution is -2.12. The number of fused-ring (bicyclic) bond motifs is 5. The van der Waals surface area contributed by atoms with Crippen LogP contribution < -0.4 is 26.6 Å². The summed E-state index contributed by atoms with van der Waals surface area (Å²) in [4.78, 5) is 84.2. The normalized spacial score (nSPS) is 12.5. The molecule has 118 heavy (non-hydrogen) atoms. The van der Waals surface area contributed by atoms with Crippen molar-refractivity contribution in [3.8, 4) is 56.9 Å². The van der Waals surface area contributed by atoms with Crippen molar-refractivity contribution in [2.45, 2.75) is 112 Å². The van der Waals surface area contributed by atoms with Crippen LogP contribution in [0.3, 0.4) is 0 Å². The minimum Gasteiger partial charge on any atom is -0.309 e. The highest BCUT2D eigenvalue weighted by molar-refractivity contribution is 6.30. The lowest BCUT2D eigenvalue weighted by Gasteiger charge is -2.19. The number of benzene rings is 6. The van der Waals surface area contributed by atoms with E-state index in [-0.39, 0.29) is 5.78 Å². The molecule has 0 amide bonds. The number of hydrogen-bond acceptors (Lipinski definition) is 27. The molecule has 0 saturated carbocycles. The van der Waals surface area contributed by atoms with Gasteiger partial charge < -0.3 is 26.6 Å². The molecule has 20 rings (SSSR count). The summed E-state index contributed by atoms with van der Waals surface area (Å²) >= 11 is 5.95. The number of carbonyl (C=O) groups is 1. The fraction of sp³-hybridized carbons (Fsp3) is 0.200. The van der Waals surface area contributed by atoms with Gasteiger partial charge in [-0.05, 0) is 166 Å². The van der Waals surface area contributed by atoms with E-state index in [9.17, 15) is 4.79 Å². The van der Waals surface area contributed by atoms with Crippen molar-refractivity contribution in [1.29, 1.82) is 0 Å². The molecule has 11 heterocycles. The Labute approximate surface area is 681 Å². The number of pyridine rings is 1. The molecule has 0 unspecified atom stereocenters. The van der Waals surface area contributed by atoms with Gasteiger partial charge in [0.1, 0.15) is 58.7 Å². The predicted octanol–water partition coefficient (Wildman–Crippen LogP) is 16.5. The Morgan fingerprint density at radius 3 is 1.19 bits per heavy atom. The standard InChI is InChI=1S/C19H16N6O.C18H20N6.C17H18N6.C16H13N7.C15H13ClN6/c1-11(26)14-8-9-15-16(10-14)21-17(13-6-4-3-5-7-13)22-18(15)23-19-20-12(2)24-25-19;1-12-19-18(24-23-12)22-17-14-10-6-3-7-11-15(14)20-16(21-17)13-8-4-2-5-9-13;1-11-18-17(23-22-11)21-16-13-9-5-6-10-14(13)19-15(20-16)12-7-3-2-4-8-12;1-10-18-16(23-22-10)21-15-12-4-2-3-5-13(12)19-14(20-15)11-6-8-17-9-7-11;16-10-6-4-9(5-7-10)13-19-12-3-1-2-11(12)14(20-13)21-15-17-8-18-22-15/h3-10H,1-2H3,(H2,20,21,22,23,24,25);2,4-5,8-9H,3,6-7,10-11H2,1H3,(H2,19,20,21,22,23,24);2-4,7-8H,5-6,9-10H2,1H3,(H2,18,19,20,21,22,23);2-9H,1H3,(H2,18,19,20,21,22,23);4-8H,1-3H2,(H2,17,18,19,20,21,22). The number of aryl methyl sites for hydroxylation is 7. The van der Waals surface area contributed by atoms with Gasteiger partial charge in [0.15, 0.2) is 34.9 Å². The number of para-hydroxylation sites is 1. The number of hydrogen-bond donors (Lipinski definition) is 10. The van der Waals surface area contributed by atoms with E-state index in [0.29, 0.717) is 80.8 Å². The van der Waals surface area contributed by atoms with Gasteiger partial charge in [-0.1, -0.05) is 127 Å². The number of H-pyrrole nitrogens is 5. The molecule has 0 aliphatic heterocycles. The smallest absolute Gasteiger partial charge is 0.247 e. The number of carbonyl (C=O) groups excluding carboxylic acids is 1. The summed E-state index contributed by atoms with van der Waals surface area (Å²) < 4.78 is 0. The number of ketones is 1. The fourth-order valence-electron chi connectivity index (χ4n) is 13.6. The Morgan fingerprint density at radius 2 is 0.729 bits per heavy atom. The summed E-state index contributed by atoms with van der Waals surface area (Å²) in [5.74, 6) is 12.7. The molecular formula is C85H80ClN31O. The van der Waals surface area contributed by atoms with E-state index in [1.54, 1.807) is 24.5 Å². The van der Waals surface area contributed by atoms with Crippen LogP contribution in [0, 0.1) is 27.7 Å². The van der Waals surface area contributed by atoms with Gasteiger partial charge in [0.2, 0.25) is 29.7 Å². The maximum absolute atomic E-state index is 11.7. The lowest BCUT2D eigenvalue weighted by molar-refractivity contribution is 0.101. The Hall–Kier alpha value is -15.0. The molecule has 0 atom stereocenters. The Balaban J connectivity index is 0.000000110. The maximum Gasteiger partial charge on any atom is 0.247 e. The molecular weight excluding hydrogens is 1510 g/mol. The van der Waals surface area contributed by atoms with Crippen molar-refractivity contribution in [3.63, 3.8) is 0 Å². The van der Waals surface area contributed by atoms with Crippen LogP contribution in [0.5, 0.6) is 0 Å². The van der Waals surface area contributed by atoms with Crippen LogP contribution in [0.2, 0.25) is 5.02 Å². The highest BCUT2D eigenvalue weighted by Gasteiger charge is 2.24. The largest absolute Gasteiger partial charge is 0.309 e.